The summed E-state index contributed by atoms with van der Waals surface area (Å²) in [4.78, 5) is 16.0. The fourth-order valence-corrected chi connectivity index (χ4v) is 3.39. The maximum absolute atomic E-state index is 12.6. The quantitative estimate of drug-likeness (QED) is 0.782. The second-order valence-electron chi connectivity index (χ2n) is 5.42. The Hall–Kier alpha value is -1.32. The number of rotatable bonds is 6. The van der Waals surface area contributed by atoms with Crippen molar-refractivity contribution in [3.63, 3.8) is 0 Å². The average Bonchev–Trinajstić information content (AvgIpc) is 3.17. The fourth-order valence-electron chi connectivity index (χ4n) is 2.49. The summed E-state index contributed by atoms with van der Waals surface area (Å²) in [5, 5.41) is 2.77. The molecule has 1 aromatic carbocycles. The number of hydrogen-bond acceptors (Lipinski definition) is 2. The van der Waals surface area contributed by atoms with Crippen molar-refractivity contribution in [3.05, 3.63) is 57.2 Å². The lowest BCUT2D eigenvalue weighted by Crippen LogP contribution is -2.36. The van der Waals surface area contributed by atoms with E-state index in [0.717, 1.165) is 31.4 Å². The van der Waals surface area contributed by atoms with Crippen LogP contribution in [0.25, 0.3) is 0 Å². The molecule has 0 spiro atoms. The molecule has 1 aromatic heterocycles. The zero-order valence-electron chi connectivity index (χ0n) is 11.8. The lowest BCUT2D eigenvalue weighted by Gasteiger charge is -2.22. The number of amides is 1. The third kappa shape index (κ3) is 3.86. The minimum absolute atomic E-state index is 0.196. The molecule has 0 atom stereocenters. The van der Waals surface area contributed by atoms with E-state index in [0.29, 0.717) is 17.5 Å². The standard InChI is InChI=1S/C17H18ClNOS/c18-16-6-2-1-4-13(16)12-17(20)19(14-7-8-14)10-9-15-5-3-11-21-15/h1-6,11,14H,7-10,12H2. The van der Waals surface area contributed by atoms with Crippen LogP contribution in [0.2, 0.25) is 5.02 Å². The van der Waals surface area contributed by atoms with Crippen molar-refractivity contribution in [1.29, 1.82) is 0 Å². The Morgan fingerprint density at radius 3 is 2.71 bits per heavy atom. The highest BCUT2D eigenvalue weighted by Crippen LogP contribution is 2.28. The van der Waals surface area contributed by atoms with E-state index in [4.69, 9.17) is 11.6 Å². The molecule has 2 nitrogen and oxygen atoms in total. The molecule has 21 heavy (non-hydrogen) atoms. The van der Waals surface area contributed by atoms with Gasteiger partial charge in [0.05, 0.1) is 6.42 Å². The minimum Gasteiger partial charge on any atom is -0.339 e. The minimum atomic E-state index is 0.196. The number of halogens is 1. The smallest absolute Gasteiger partial charge is 0.227 e. The van der Waals surface area contributed by atoms with E-state index in [1.165, 1.54) is 4.88 Å². The summed E-state index contributed by atoms with van der Waals surface area (Å²) in [5.74, 6) is 0.196. The highest BCUT2D eigenvalue weighted by atomic mass is 35.5. The molecule has 0 unspecified atom stereocenters. The van der Waals surface area contributed by atoms with Crippen LogP contribution in [0.3, 0.4) is 0 Å². The first-order valence-corrected chi connectivity index (χ1v) is 8.55. The maximum atomic E-state index is 12.6. The fraction of sp³-hybridized carbons (Fsp3) is 0.353. The Labute approximate surface area is 134 Å². The number of benzene rings is 1. The molecule has 0 N–H and O–H groups in total. The molecule has 0 aliphatic heterocycles. The summed E-state index contributed by atoms with van der Waals surface area (Å²) in [6.45, 7) is 0.814. The van der Waals surface area contributed by atoms with Gasteiger partial charge in [0.25, 0.3) is 0 Å². The number of carbonyl (C=O) groups excluding carboxylic acids is 1. The molecular weight excluding hydrogens is 302 g/mol. The molecule has 110 valence electrons. The van der Waals surface area contributed by atoms with Gasteiger partial charge in [0, 0.05) is 22.5 Å². The Kier molecular flexibility index (Phi) is 4.61. The molecule has 1 heterocycles. The third-order valence-corrected chi connectivity index (χ3v) is 5.09. The molecule has 2 aromatic rings. The van der Waals surface area contributed by atoms with Gasteiger partial charge in [0.2, 0.25) is 5.91 Å². The lowest BCUT2D eigenvalue weighted by atomic mass is 10.1. The first-order chi connectivity index (χ1) is 10.2. The van der Waals surface area contributed by atoms with Gasteiger partial charge in [-0.1, -0.05) is 35.9 Å². The Morgan fingerprint density at radius 1 is 1.24 bits per heavy atom. The van der Waals surface area contributed by atoms with Crippen LogP contribution in [0.4, 0.5) is 0 Å². The Morgan fingerprint density at radius 2 is 2.05 bits per heavy atom. The van der Waals surface area contributed by atoms with Gasteiger partial charge in [-0.2, -0.15) is 0 Å². The van der Waals surface area contributed by atoms with Crippen LogP contribution in [0, 0.1) is 0 Å². The normalized spacial score (nSPS) is 14.1. The highest BCUT2D eigenvalue weighted by Gasteiger charge is 2.32. The monoisotopic (exact) mass is 319 g/mol. The molecule has 1 fully saturated rings. The van der Waals surface area contributed by atoms with Crippen molar-refractivity contribution >= 4 is 28.8 Å². The van der Waals surface area contributed by atoms with Crippen molar-refractivity contribution in [2.45, 2.75) is 31.7 Å². The SMILES string of the molecule is O=C(Cc1ccccc1Cl)N(CCc1cccs1)C1CC1. The van der Waals surface area contributed by atoms with Gasteiger partial charge >= 0.3 is 0 Å². The number of hydrogen-bond donors (Lipinski definition) is 0. The Bertz CT molecular complexity index is 607. The summed E-state index contributed by atoms with van der Waals surface area (Å²) < 4.78 is 0. The van der Waals surface area contributed by atoms with Crippen LogP contribution in [-0.4, -0.2) is 23.4 Å². The zero-order valence-corrected chi connectivity index (χ0v) is 13.4. The number of carbonyl (C=O) groups is 1. The van der Waals surface area contributed by atoms with Gasteiger partial charge in [-0.05, 0) is 42.3 Å². The van der Waals surface area contributed by atoms with Crippen molar-refractivity contribution in [2.24, 2.45) is 0 Å². The third-order valence-electron chi connectivity index (χ3n) is 3.79. The molecule has 0 bridgehead atoms. The van der Waals surface area contributed by atoms with Gasteiger partial charge in [0.1, 0.15) is 0 Å². The molecule has 1 aliphatic rings. The second-order valence-corrected chi connectivity index (χ2v) is 6.86. The molecular formula is C17H18ClNOS. The van der Waals surface area contributed by atoms with Crippen molar-refractivity contribution in [1.82, 2.24) is 4.90 Å². The predicted molar refractivity (Wildman–Crippen MR) is 87.9 cm³/mol. The van der Waals surface area contributed by atoms with Crippen LogP contribution in [-0.2, 0) is 17.6 Å². The molecule has 0 radical (unpaired) electrons. The van der Waals surface area contributed by atoms with Gasteiger partial charge in [-0.15, -0.1) is 11.3 Å². The molecule has 1 amide bonds. The highest BCUT2D eigenvalue weighted by molar-refractivity contribution is 7.09. The van der Waals surface area contributed by atoms with Crippen molar-refractivity contribution < 1.29 is 4.79 Å². The molecule has 3 rings (SSSR count). The zero-order chi connectivity index (χ0) is 14.7. The summed E-state index contributed by atoms with van der Waals surface area (Å²) in [5.41, 5.74) is 0.922. The van der Waals surface area contributed by atoms with Gasteiger partial charge in [0.15, 0.2) is 0 Å². The number of thiophene rings is 1. The van der Waals surface area contributed by atoms with Crippen LogP contribution in [0.1, 0.15) is 23.3 Å². The topological polar surface area (TPSA) is 20.3 Å². The van der Waals surface area contributed by atoms with Crippen LogP contribution < -0.4 is 0 Å². The van der Waals surface area contributed by atoms with Gasteiger partial charge in [-0.3, -0.25) is 4.79 Å². The lowest BCUT2D eigenvalue weighted by molar-refractivity contribution is -0.131. The van der Waals surface area contributed by atoms with Crippen LogP contribution in [0.15, 0.2) is 41.8 Å². The van der Waals surface area contributed by atoms with Gasteiger partial charge < -0.3 is 4.90 Å². The van der Waals surface area contributed by atoms with E-state index in [1.807, 2.05) is 29.2 Å². The van der Waals surface area contributed by atoms with E-state index in [-0.39, 0.29) is 5.91 Å². The van der Waals surface area contributed by atoms with E-state index in [2.05, 4.69) is 17.5 Å². The molecule has 1 aliphatic carbocycles. The summed E-state index contributed by atoms with van der Waals surface area (Å²) in [6.07, 6.45) is 3.63. The molecule has 4 heteroatoms. The molecule has 1 saturated carbocycles. The molecule has 0 saturated heterocycles. The summed E-state index contributed by atoms with van der Waals surface area (Å²) in [7, 11) is 0. The summed E-state index contributed by atoms with van der Waals surface area (Å²) >= 11 is 7.91. The first-order valence-electron chi connectivity index (χ1n) is 7.29. The predicted octanol–water partition coefficient (Wildman–Crippen LogP) is 4.18. The van der Waals surface area contributed by atoms with Crippen molar-refractivity contribution in [2.75, 3.05) is 6.54 Å². The van der Waals surface area contributed by atoms with Crippen LogP contribution in [0.5, 0.6) is 0 Å². The largest absolute Gasteiger partial charge is 0.339 e. The Balaban J connectivity index is 1.63. The second kappa shape index (κ2) is 6.63. The van der Waals surface area contributed by atoms with Crippen molar-refractivity contribution in [3.8, 4) is 0 Å². The maximum Gasteiger partial charge on any atom is 0.227 e. The van der Waals surface area contributed by atoms with E-state index < -0.39 is 0 Å². The van der Waals surface area contributed by atoms with E-state index in [1.54, 1.807) is 11.3 Å². The van der Waals surface area contributed by atoms with Crippen LogP contribution >= 0.6 is 22.9 Å². The average molecular weight is 320 g/mol. The number of nitrogens with zero attached hydrogens (tertiary/aromatic N) is 1. The van der Waals surface area contributed by atoms with E-state index >= 15 is 0 Å². The van der Waals surface area contributed by atoms with Gasteiger partial charge in [-0.25, -0.2) is 0 Å². The summed E-state index contributed by atoms with van der Waals surface area (Å²) in [6, 6.07) is 12.2. The first kappa shape index (κ1) is 14.6. The van der Waals surface area contributed by atoms with E-state index in [9.17, 15) is 4.79 Å².